The molecule has 2 saturated heterocycles. The Kier molecular flexibility index (Phi) is 5.49. The summed E-state index contributed by atoms with van der Waals surface area (Å²) in [5.74, 6) is 0. The Morgan fingerprint density at radius 2 is 1.92 bits per heavy atom. The molecular formula is C19H32N4O2. The molecule has 1 atom stereocenters. The van der Waals surface area contributed by atoms with Gasteiger partial charge in [-0.2, -0.15) is 5.10 Å². The summed E-state index contributed by atoms with van der Waals surface area (Å²) in [4.78, 5) is 17.3. The second-order valence-electron chi connectivity index (χ2n) is 8.81. The lowest BCUT2D eigenvalue weighted by Crippen LogP contribution is -2.44. The summed E-state index contributed by atoms with van der Waals surface area (Å²) in [6, 6.07) is 1.88. The molecule has 0 unspecified atom stereocenters. The van der Waals surface area contributed by atoms with E-state index >= 15 is 0 Å². The molecule has 1 N–H and O–H groups in total. The standard InChI is InChI=1S/C19H32N4O2/c1-19(2,3)14-21-8-4-5-15(13-21)23-18(25)11-16(12-20-23)22-9-6-17(24)7-10-22/h11-12,15,17,24H,4-10,13-14H2,1-3H3/t15-/m0/s1. The largest absolute Gasteiger partial charge is 0.393 e. The first-order chi connectivity index (χ1) is 11.8. The number of hydrogen-bond acceptors (Lipinski definition) is 5. The molecule has 25 heavy (non-hydrogen) atoms. The first-order valence-electron chi connectivity index (χ1n) is 9.56. The van der Waals surface area contributed by atoms with Gasteiger partial charge in [-0.25, -0.2) is 4.68 Å². The molecule has 6 heteroatoms. The fourth-order valence-electron chi connectivity index (χ4n) is 4.02. The molecule has 0 saturated carbocycles. The van der Waals surface area contributed by atoms with Crippen LogP contribution in [0.1, 0.15) is 52.5 Å². The van der Waals surface area contributed by atoms with Crippen LogP contribution >= 0.6 is 0 Å². The van der Waals surface area contributed by atoms with Crippen molar-refractivity contribution < 1.29 is 5.11 Å². The second-order valence-corrected chi connectivity index (χ2v) is 8.81. The number of aliphatic hydroxyl groups excluding tert-OH is 1. The van der Waals surface area contributed by atoms with Gasteiger partial charge in [-0.3, -0.25) is 4.79 Å². The van der Waals surface area contributed by atoms with Crippen molar-refractivity contribution in [3.63, 3.8) is 0 Å². The van der Waals surface area contributed by atoms with Crippen LogP contribution < -0.4 is 10.5 Å². The number of anilines is 1. The van der Waals surface area contributed by atoms with Crippen LogP contribution in [0.25, 0.3) is 0 Å². The number of hydrogen-bond donors (Lipinski definition) is 1. The molecule has 3 heterocycles. The third-order valence-corrected chi connectivity index (χ3v) is 5.17. The van der Waals surface area contributed by atoms with Gasteiger partial charge < -0.3 is 14.9 Å². The molecule has 0 spiro atoms. The highest BCUT2D eigenvalue weighted by atomic mass is 16.3. The molecular weight excluding hydrogens is 316 g/mol. The predicted octanol–water partition coefficient (Wildman–Crippen LogP) is 1.89. The normalized spacial score (nSPS) is 23.8. The van der Waals surface area contributed by atoms with Gasteiger partial charge in [0.15, 0.2) is 0 Å². The minimum absolute atomic E-state index is 0.00812. The molecule has 2 aliphatic rings. The zero-order valence-electron chi connectivity index (χ0n) is 15.8. The third-order valence-electron chi connectivity index (χ3n) is 5.17. The summed E-state index contributed by atoms with van der Waals surface area (Å²) in [6.07, 6.45) is 5.26. The Morgan fingerprint density at radius 3 is 2.56 bits per heavy atom. The fourth-order valence-corrected chi connectivity index (χ4v) is 4.02. The van der Waals surface area contributed by atoms with Crippen LogP contribution in [0.4, 0.5) is 5.69 Å². The molecule has 0 aliphatic carbocycles. The topological polar surface area (TPSA) is 61.6 Å². The number of nitrogens with zero attached hydrogens (tertiary/aromatic N) is 4. The minimum Gasteiger partial charge on any atom is -0.393 e. The van der Waals surface area contributed by atoms with E-state index in [2.05, 4.69) is 35.7 Å². The monoisotopic (exact) mass is 348 g/mol. The van der Waals surface area contributed by atoms with Crippen molar-refractivity contribution in [2.24, 2.45) is 5.41 Å². The highest BCUT2D eigenvalue weighted by Crippen LogP contribution is 2.24. The van der Waals surface area contributed by atoms with E-state index in [9.17, 15) is 9.90 Å². The van der Waals surface area contributed by atoms with Gasteiger partial charge in [0, 0.05) is 32.2 Å². The lowest BCUT2D eigenvalue weighted by Gasteiger charge is -2.37. The molecule has 0 amide bonds. The van der Waals surface area contributed by atoms with Gasteiger partial charge in [0.2, 0.25) is 0 Å². The van der Waals surface area contributed by atoms with Crippen molar-refractivity contribution in [1.29, 1.82) is 0 Å². The van der Waals surface area contributed by atoms with Gasteiger partial charge >= 0.3 is 0 Å². The Bertz CT molecular complexity index is 629. The summed E-state index contributed by atoms with van der Waals surface area (Å²) < 4.78 is 1.68. The van der Waals surface area contributed by atoms with Crippen LogP contribution in [0.2, 0.25) is 0 Å². The highest BCUT2D eigenvalue weighted by molar-refractivity contribution is 5.43. The molecule has 1 aromatic rings. The number of aliphatic hydroxyl groups is 1. The van der Waals surface area contributed by atoms with E-state index < -0.39 is 0 Å². The van der Waals surface area contributed by atoms with Crippen molar-refractivity contribution in [3.05, 3.63) is 22.6 Å². The summed E-state index contributed by atoms with van der Waals surface area (Å²) in [7, 11) is 0. The zero-order chi connectivity index (χ0) is 18.0. The number of piperidine rings is 2. The van der Waals surface area contributed by atoms with E-state index in [-0.39, 0.29) is 23.1 Å². The van der Waals surface area contributed by atoms with E-state index in [4.69, 9.17) is 0 Å². The second kappa shape index (κ2) is 7.46. The molecule has 6 nitrogen and oxygen atoms in total. The number of rotatable bonds is 3. The van der Waals surface area contributed by atoms with E-state index in [1.165, 1.54) is 0 Å². The predicted molar refractivity (Wildman–Crippen MR) is 100 cm³/mol. The molecule has 140 valence electrons. The van der Waals surface area contributed by atoms with E-state index in [0.717, 1.165) is 64.1 Å². The van der Waals surface area contributed by atoms with E-state index in [0.29, 0.717) is 0 Å². The molecule has 2 fully saturated rings. The van der Waals surface area contributed by atoms with Crippen molar-refractivity contribution >= 4 is 5.69 Å². The Labute approximate surface area is 150 Å². The molecule has 3 rings (SSSR count). The van der Waals surface area contributed by atoms with Crippen molar-refractivity contribution in [2.75, 3.05) is 37.6 Å². The van der Waals surface area contributed by atoms with Gasteiger partial charge in [0.25, 0.3) is 5.56 Å². The van der Waals surface area contributed by atoms with Gasteiger partial charge in [-0.1, -0.05) is 20.8 Å². The van der Waals surface area contributed by atoms with Crippen molar-refractivity contribution in [1.82, 2.24) is 14.7 Å². The SMILES string of the molecule is CC(C)(C)CN1CCC[C@H](n2ncc(N3CCC(O)CC3)cc2=O)C1. The van der Waals surface area contributed by atoms with Gasteiger partial charge in [0.05, 0.1) is 24.0 Å². The first-order valence-corrected chi connectivity index (χ1v) is 9.56. The lowest BCUT2D eigenvalue weighted by molar-refractivity contribution is 0.124. The lowest BCUT2D eigenvalue weighted by atomic mass is 9.94. The van der Waals surface area contributed by atoms with Crippen LogP contribution in [-0.4, -0.2) is 58.6 Å². The van der Waals surface area contributed by atoms with Crippen LogP contribution in [0.3, 0.4) is 0 Å². The molecule has 0 bridgehead atoms. The summed E-state index contributed by atoms with van der Waals surface area (Å²) in [5, 5.41) is 14.1. The quantitative estimate of drug-likeness (QED) is 0.904. The van der Waals surface area contributed by atoms with Gasteiger partial charge in [-0.05, 0) is 37.6 Å². The fraction of sp³-hybridized carbons (Fsp3) is 0.789. The number of aromatic nitrogens is 2. The molecule has 0 radical (unpaired) electrons. The zero-order valence-corrected chi connectivity index (χ0v) is 15.8. The minimum atomic E-state index is -0.208. The smallest absolute Gasteiger partial charge is 0.269 e. The Hall–Kier alpha value is -1.40. The van der Waals surface area contributed by atoms with Crippen LogP contribution in [0, 0.1) is 5.41 Å². The summed E-state index contributed by atoms with van der Waals surface area (Å²) in [6.45, 7) is 11.4. The van der Waals surface area contributed by atoms with Crippen LogP contribution in [-0.2, 0) is 0 Å². The third kappa shape index (κ3) is 4.82. The van der Waals surface area contributed by atoms with E-state index in [1.54, 1.807) is 10.7 Å². The van der Waals surface area contributed by atoms with Crippen LogP contribution in [0.5, 0.6) is 0 Å². The first kappa shape index (κ1) is 18.4. The molecule has 1 aromatic heterocycles. The van der Waals surface area contributed by atoms with Gasteiger partial charge in [-0.15, -0.1) is 0 Å². The summed E-state index contributed by atoms with van der Waals surface area (Å²) >= 11 is 0. The van der Waals surface area contributed by atoms with Crippen LogP contribution in [0.15, 0.2) is 17.1 Å². The number of likely N-dealkylation sites (tertiary alicyclic amines) is 1. The summed E-state index contributed by atoms with van der Waals surface area (Å²) in [5.41, 5.74) is 1.14. The highest BCUT2D eigenvalue weighted by Gasteiger charge is 2.26. The maximum atomic E-state index is 12.6. The Balaban J connectivity index is 1.69. The van der Waals surface area contributed by atoms with Crippen molar-refractivity contribution in [3.8, 4) is 0 Å². The average Bonchev–Trinajstić information content (AvgIpc) is 2.54. The molecule has 0 aromatic carbocycles. The maximum absolute atomic E-state index is 12.6. The van der Waals surface area contributed by atoms with Gasteiger partial charge in [0.1, 0.15) is 0 Å². The molecule has 2 aliphatic heterocycles. The average molecular weight is 348 g/mol. The van der Waals surface area contributed by atoms with E-state index in [1.807, 2.05) is 6.20 Å². The van der Waals surface area contributed by atoms with Crippen molar-refractivity contribution in [2.45, 2.75) is 58.6 Å². The maximum Gasteiger partial charge on any atom is 0.269 e. The Morgan fingerprint density at radius 1 is 1.20 bits per heavy atom.